The minimum Gasteiger partial charge on any atom is -0.465 e. The van der Waals surface area contributed by atoms with E-state index < -0.39 is 10.0 Å². The predicted octanol–water partition coefficient (Wildman–Crippen LogP) is 3.61. The zero-order valence-corrected chi connectivity index (χ0v) is 16.6. The van der Waals surface area contributed by atoms with Gasteiger partial charge in [-0.2, -0.15) is 4.31 Å². The minimum absolute atomic E-state index is 0.389. The first-order valence-corrected chi connectivity index (χ1v) is 10.7. The number of rotatable bonds is 6. The number of nitrogens with zero attached hydrogens (tertiary/aromatic N) is 2. The Labute approximate surface area is 156 Å². The molecule has 0 bridgehead atoms. The van der Waals surface area contributed by atoms with Gasteiger partial charge in [0, 0.05) is 26.2 Å². The van der Waals surface area contributed by atoms with Crippen LogP contribution >= 0.6 is 0 Å². The monoisotopic (exact) mass is 376 g/mol. The minimum atomic E-state index is -3.42. The van der Waals surface area contributed by atoms with Gasteiger partial charge in [0.2, 0.25) is 10.0 Å². The van der Waals surface area contributed by atoms with E-state index >= 15 is 0 Å². The molecule has 5 nitrogen and oxygen atoms in total. The molecule has 0 N–H and O–H groups in total. The van der Waals surface area contributed by atoms with Gasteiger partial charge in [0.1, 0.15) is 11.5 Å². The highest BCUT2D eigenvalue weighted by Crippen LogP contribution is 2.23. The molecule has 26 heavy (non-hydrogen) atoms. The zero-order chi connectivity index (χ0) is 18.7. The van der Waals surface area contributed by atoms with Crippen LogP contribution < -0.4 is 0 Å². The molecule has 1 saturated heterocycles. The number of aryl methyl sites for hydroxylation is 1. The average molecular weight is 377 g/mol. The largest absolute Gasteiger partial charge is 0.465 e. The Bertz CT molecular complexity index is 819. The molecule has 3 rings (SSSR count). The zero-order valence-electron chi connectivity index (χ0n) is 15.8. The number of piperazine rings is 1. The van der Waals surface area contributed by atoms with Crippen molar-refractivity contribution in [1.29, 1.82) is 0 Å². The van der Waals surface area contributed by atoms with Gasteiger partial charge < -0.3 is 4.42 Å². The number of hydrogen-bond acceptors (Lipinski definition) is 4. The Morgan fingerprint density at radius 3 is 2.23 bits per heavy atom. The third-order valence-corrected chi connectivity index (χ3v) is 7.12. The fourth-order valence-corrected chi connectivity index (χ4v) is 4.69. The molecule has 0 unspecified atom stereocenters. The molecule has 0 aliphatic carbocycles. The molecule has 0 spiro atoms. The van der Waals surface area contributed by atoms with Gasteiger partial charge in [-0.05, 0) is 49.1 Å². The van der Waals surface area contributed by atoms with Crippen LogP contribution in [0.25, 0.3) is 0 Å². The van der Waals surface area contributed by atoms with Crippen molar-refractivity contribution < 1.29 is 12.8 Å². The van der Waals surface area contributed by atoms with E-state index in [0.29, 0.717) is 37.0 Å². The molecule has 1 fully saturated rings. The lowest BCUT2D eigenvalue weighted by molar-refractivity contribution is 0.170. The standard InChI is InChI=1S/C20H28N2O3S/c1-4-16(2)18-6-9-20(10-7-18)26(23,24)22-13-11-21(12-14-22)15-19-8-5-17(3)25-19/h5-10,16H,4,11-15H2,1-3H3/t16-/m1/s1. The Balaban J connectivity index is 1.62. The molecule has 1 aliphatic heterocycles. The molecule has 1 aromatic heterocycles. The third kappa shape index (κ3) is 4.19. The molecule has 1 aliphatic rings. The Hall–Kier alpha value is -1.63. The van der Waals surface area contributed by atoms with Gasteiger partial charge >= 0.3 is 0 Å². The molecular weight excluding hydrogens is 348 g/mol. The van der Waals surface area contributed by atoms with Crippen LogP contribution in [0.2, 0.25) is 0 Å². The van der Waals surface area contributed by atoms with E-state index in [2.05, 4.69) is 18.7 Å². The van der Waals surface area contributed by atoms with E-state index in [-0.39, 0.29) is 0 Å². The van der Waals surface area contributed by atoms with Crippen LogP contribution in [0.15, 0.2) is 45.7 Å². The summed E-state index contributed by atoms with van der Waals surface area (Å²) in [7, 11) is -3.42. The van der Waals surface area contributed by atoms with Crippen molar-refractivity contribution in [3.05, 3.63) is 53.5 Å². The molecule has 0 radical (unpaired) electrons. The van der Waals surface area contributed by atoms with Gasteiger partial charge in [-0.25, -0.2) is 8.42 Å². The number of sulfonamides is 1. The van der Waals surface area contributed by atoms with Gasteiger partial charge in [0.25, 0.3) is 0 Å². The van der Waals surface area contributed by atoms with Crippen molar-refractivity contribution in [2.24, 2.45) is 0 Å². The SMILES string of the molecule is CC[C@@H](C)c1ccc(S(=O)(=O)N2CCN(Cc3ccc(C)o3)CC2)cc1. The first-order chi connectivity index (χ1) is 12.4. The summed E-state index contributed by atoms with van der Waals surface area (Å²) in [6.07, 6.45) is 1.04. The van der Waals surface area contributed by atoms with Gasteiger partial charge in [0.15, 0.2) is 0 Å². The van der Waals surface area contributed by atoms with Crippen molar-refractivity contribution in [2.75, 3.05) is 26.2 Å². The summed E-state index contributed by atoms with van der Waals surface area (Å²) in [6.45, 7) is 9.39. The smallest absolute Gasteiger partial charge is 0.243 e. The first kappa shape index (κ1) is 19.1. The van der Waals surface area contributed by atoms with E-state index in [1.54, 1.807) is 16.4 Å². The van der Waals surface area contributed by atoms with E-state index in [4.69, 9.17) is 4.42 Å². The summed E-state index contributed by atoms with van der Waals surface area (Å²) in [6, 6.07) is 11.3. The van der Waals surface area contributed by atoms with E-state index in [9.17, 15) is 8.42 Å². The van der Waals surface area contributed by atoms with Crippen molar-refractivity contribution in [3.63, 3.8) is 0 Å². The quantitative estimate of drug-likeness (QED) is 0.773. The van der Waals surface area contributed by atoms with Crippen LogP contribution in [0, 0.1) is 6.92 Å². The Kier molecular flexibility index (Phi) is 5.85. The van der Waals surface area contributed by atoms with E-state index in [1.807, 2.05) is 31.2 Å². The van der Waals surface area contributed by atoms with Crippen LogP contribution in [0.4, 0.5) is 0 Å². The van der Waals surface area contributed by atoms with Crippen molar-refractivity contribution in [2.45, 2.75) is 44.6 Å². The molecule has 2 heterocycles. The van der Waals surface area contributed by atoms with Gasteiger partial charge in [-0.1, -0.05) is 26.0 Å². The number of hydrogen-bond donors (Lipinski definition) is 0. The van der Waals surface area contributed by atoms with Gasteiger partial charge in [-0.15, -0.1) is 0 Å². The van der Waals surface area contributed by atoms with E-state index in [1.165, 1.54) is 5.56 Å². The molecule has 0 saturated carbocycles. The lowest BCUT2D eigenvalue weighted by Crippen LogP contribution is -2.48. The summed E-state index contributed by atoms with van der Waals surface area (Å²) in [5, 5.41) is 0. The third-order valence-electron chi connectivity index (χ3n) is 5.21. The van der Waals surface area contributed by atoms with Crippen LogP contribution in [-0.2, 0) is 16.6 Å². The summed E-state index contributed by atoms with van der Waals surface area (Å²) in [4.78, 5) is 2.62. The topological polar surface area (TPSA) is 53.8 Å². The van der Waals surface area contributed by atoms with Crippen molar-refractivity contribution in [1.82, 2.24) is 9.21 Å². The second kappa shape index (κ2) is 7.94. The second-order valence-electron chi connectivity index (χ2n) is 7.07. The highest BCUT2D eigenvalue weighted by molar-refractivity contribution is 7.89. The Morgan fingerprint density at radius 1 is 1.04 bits per heavy atom. The van der Waals surface area contributed by atoms with Crippen LogP contribution in [0.3, 0.4) is 0 Å². The van der Waals surface area contributed by atoms with Crippen molar-refractivity contribution >= 4 is 10.0 Å². The average Bonchev–Trinajstić information content (AvgIpc) is 3.06. The number of furan rings is 1. The summed E-state index contributed by atoms with van der Waals surface area (Å²) >= 11 is 0. The molecule has 1 aromatic carbocycles. The molecule has 0 amide bonds. The van der Waals surface area contributed by atoms with E-state index in [0.717, 1.165) is 24.5 Å². The van der Waals surface area contributed by atoms with Crippen molar-refractivity contribution in [3.8, 4) is 0 Å². The van der Waals surface area contributed by atoms with Gasteiger partial charge in [-0.3, -0.25) is 4.90 Å². The van der Waals surface area contributed by atoms with Crippen LogP contribution in [-0.4, -0.2) is 43.8 Å². The fourth-order valence-electron chi connectivity index (χ4n) is 3.27. The normalized spacial score (nSPS) is 18.1. The first-order valence-electron chi connectivity index (χ1n) is 9.28. The summed E-state index contributed by atoms with van der Waals surface area (Å²) in [5.41, 5.74) is 1.19. The Morgan fingerprint density at radius 2 is 1.69 bits per heavy atom. The summed E-state index contributed by atoms with van der Waals surface area (Å²) in [5.74, 6) is 2.28. The lowest BCUT2D eigenvalue weighted by atomic mass is 9.99. The lowest BCUT2D eigenvalue weighted by Gasteiger charge is -2.33. The summed E-state index contributed by atoms with van der Waals surface area (Å²) < 4.78 is 33.0. The predicted molar refractivity (Wildman–Crippen MR) is 103 cm³/mol. The molecular formula is C20H28N2O3S. The second-order valence-corrected chi connectivity index (χ2v) is 9.01. The van der Waals surface area contributed by atoms with Crippen LogP contribution in [0.1, 0.15) is 43.3 Å². The van der Waals surface area contributed by atoms with Crippen LogP contribution in [0.5, 0.6) is 0 Å². The highest BCUT2D eigenvalue weighted by atomic mass is 32.2. The fraction of sp³-hybridized carbons (Fsp3) is 0.500. The highest BCUT2D eigenvalue weighted by Gasteiger charge is 2.28. The van der Waals surface area contributed by atoms with Gasteiger partial charge in [0.05, 0.1) is 11.4 Å². The number of benzene rings is 1. The maximum Gasteiger partial charge on any atom is 0.243 e. The molecule has 1 atom stereocenters. The maximum absolute atomic E-state index is 12.9. The molecule has 142 valence electrons. The molecule has 2 aromatic rings. The molecule has 6 heteroatoms. The maximum atomic E-state index is 12.9.